The van der Waals surface area contributed by atoms with Crippen molar-refractivity contribution in [1.82, 2.24) is 5.32 Å². The van der Waals surface area contributed by atoms with Crippen LogP contribution in [-0.4, -0.2) is 20.8 Å². The molecule has 1 saturated heterocycles. The standard InChI is InChI=1S/C15H22BrNO2/c1-4-10-11(12-7-5-6-8-17-12)9-13(18-2)15(19-3)14(10)16/h9,12,17H,4-8H2,1-3H3. The Morgan fingerprint density at radius 1 is 1.32 bits per heavy atom. The summed E-state index contributed by atoms with van der Waals surface area (Å²) < 4.78 is 12.0. The van der Waals surface area contributed by atoms with Crippen LogP contribution in [0.4, 0.5) is 0 Å². The SMILES string of the molecule is CCc1c(C2CCCCN2)cc(OC)c(OC)c1Br. The second-order valence-electron chi connectivity index (χ2n) is 4.85. The molecule has 0 aromatic heterocycles. The van der Waals surface area contributed by atoms with Gasteiger partial charge in [-0.2, -0.15) is 0 Å². The average molecular weight is 328 g/mol. The maximum absolute atomic E-state index is 5.47. The molecule has 1 unspecified atom stereocenters. The molecular formula is C15H22BrNO2. The van der Waals surface area contributed by atoms with Gasteiger partial charge in [0.25, 0.3) is 0 Å². The number of halogens is 1. The topological polar surface area (TPSA) is 30.5 Å². The Balaban J connectivity index is 2.49. The summed E-state index contributed by atoms with van der Waals surface area (Å²) in [4.78, 5) is 0. The maximum atomic E-state index is 5.47. The highest BCUT2D eigenvalue weighted by Gasteiger charge is 2.23. The van der Waals surface area contributed by atoms with Gasteiger partial charge in [-0.1, -0.05) is 13.3 Å². The van der Waals surface area contributed by atoms with Crippen LogP contribution >= 0.6 is 15.9 Å². The van der Waals surface area contributed by atoms with E-state index in [2.05, 4.69) is 34.2 Å². The van der Waals surface area contributed by atoms with E-state index in [0.29, 0.717) is 6.04 Å². The average Bonchev–Trinajstić information content (AvgIpc) is 2.47. The second kappa shape index (κ2) is 6.62. The Morgan fingerprint density at radius 3 is 2.63 bits per heavy atom. The maximum Gasteiger partial charge on any atom is 0.175 e. The molecule has 1 heterocycles. The molecular weight excluding hydrogens is 306 g/mol. The molecule has 1 fully saturated rings. The number of hydrogen-bond donors (Lipinski definition) is 1. The van der Waals surface area contributed by atoms with Gasteiger partial charge in [0.1, 0.15) is 0 Å². The Labute approximate surface area is 123 Å². The molecule has 1 aromatic carbocycles. The normalized spacial score (nSPS) is 19.3. The molecule has 0 amide bonds. The van der Waals surface area contributed by atoms with Crippen LogP contribution in [0.3, 0.4) is 0 Å². The summed E-state index contributed by atoms with van der Waals surface area (Å²) in [5.74, 6) is 1.59. The summed E-state index contributed by atoms with van der Waals surface area (Å²) in [6.45, 7) is 3.28. The highest BCUT2D eigenvalue weighted by Crippen LogP contribution is 2.42. The highest BCUT2D eigenvalue weighted by molar-refractivity contribution is 9.10. The summed E-state index contributed by atoms with van der Waals surface area (Å²) in [6, 6.07) is 2.56. The summed E-state index contributed by atoms with van der Waals surface area (Å²) >= 11 is 3.68. The lowest BCUT2D eigenvalue weighted by Crippen LogP contribution is -2.27. The molecule has 106 valence electrons. The minimum atomic E-state index is 0.430. The van der Waals surface area contributed by atoms with E-state index >= 15 is 0 Å². The minimum absolute atomic E-state index is 0.430. The predicted octanol–water partition coefficient (Wildman–Crippen LogP) is 3.84. The van der Waals surface area contributed by atoms with E-state index in [0.717, 1.165) is 28.9 Å². The van der Waals surface area contributed by atoms with Crippen LogP contribution < -0.4 is 14.8 Å². The van der Waals surface area contributed by atoms with E-state index in [1.807, 2.05) is 0 Å². The van der Waals surface area contributed by atoms with Crippen molar-refractivity contribution in [3.05, 3.63) is 21.7 Å². The van der Waals surface area contributed by atoms with Gasteiger partial charge in [-0.25, -0.2) is 0 Å². The van der Waals surface area contributed by atoms with Crippen molar-refractivity contribution in [1.29, 1.82) is 0 Å². The van der Waals surface area contributed by atoms with Crippen molar-refractivity contribution in [2.24, 2.45) is 0 Å². The fourth-order valence-corrected chi connectivity index (χ4v) is 3.66. The smallest absolute Gasteiger partial charge is 0.175 e. The Bertz CT molecular complexity index is 442. The van der Waals surface area contributed by atoms with Gasteiger partial charge in [-0.3, -0.25) is 0 Å². The third-order valence-electron chi connectivity index (χ3n) is 3.79. The van der Waals surface area contributed by atoms with Gasteiger partial charge < -0.3 is 14.8 Å². The van der Waals surface area contributed by atoms with Gasteiger partial charge in [0, 0.05) is 6.04 Å². The van der Waals surface area contributed by atoms with E-state index in [4.69, 9.17) is 9.47 Å². The zero-order chi connectivity index (χ0) is 13.8. The number of piperidine rings is 1. The minimum Gasteiger partial charge on any atom is -0.493 e. The lowest BCUT2D eigenvalue weighted by Gasteiger charge is -2.27. The number of nitrogens with one attached hydrogen (secondary N) is 1. The molecule has 2 rings (SSSR count). The fraction of sp³-hybridized carbons (Fsp3) is 0.600. The zero-order valence-electron chi connectivity index (χ0n) is 11.9. The van der Waals surface area contributed by atoms with Gasteiger partial charge in [0.2, 0.25) is 0 Å². The first-order chi connectivity index (χ1) is 9.22. The van der Waals surface area contributed by atoms with Gasteiger partial charge in [-0.05, 0) is 58.9 Å². The van der Waals surface area contributed by atoms with Crippen LogP contribution in [0, 0.1) is 0 Å². The number of rotatable bonds is 4. The first-order valence-corrected chi connectivity index (χ1v) is 7.68. The summed E-state index contributed by atoms with van der Waals surface area (Å²) in [6.07, 6.45) is 4.72. The zero-order valence-corrected chi connectivity index (χ0v) is 13.5. The Kier molecular flexibility index (Phi) is 5.11. The van der Waals surface area contributed by atoms with E-state index in [-0.39, 0.29) is 0 Å². The number of methoxy groups -OCH3 is 2. The lowest BCUT2D eigenvalue weighted by atomic mass is 9.92. The highest BCUT2D eigenvalue weighted by atomic mass is 79.9. The van der Waals surface area contributed by atoms with Crippen LogP contribution in [0.25, 0.3) is 0 Å². The van der Waals surface area contributed by atoms with Gasteiger partial charge in [0.05, 0.1) is 18.7 Å². The van der Waals surface area contributed by atoms with Crippen molar-refractivity contribution in [2.45, 2.75) is 38.6 Å². The number of ether oxygens (including phenoxy) is 2. The molecule has 1 aromatic rings. The fourth-order valence-electron chi connectivity index (χ4n) is 2.80. The molecule has 19 heavy (non-hydrogen) atoms. The van der Waals surface area contributed by atoms with Crippen LogP contribution in [0.1, 0.15) is 43.4 Å². The van der Waals surface area contributed by atoms with Crippen molar-refractivity contribution in [3.8, 4) is 11.5 Å². The first kappa shape index (κ1) is 14.7. The molecule has 0 radical (unpaired) electrons. The third kappa shape index (κ3) is 2.90. The van der Waals surface area contributed by atoms with Crippen LogP contribution in [0.2, 0.25) is 0 Å². The van der Waals surface area contributed by atoms with Crippen LogP contribution in [0.15, 0.2) is 10.5 Å². The molecule has 0 saturated carbocycles. The van der Waals surface area contributed by atoms with Crippen LogP contribution in [0.5, 0.6) is 11.5 Å². The number of benzene rings is 1. The van der Waals surface area contributed by atoms with E-state index < -0.39 is 0 Å². The lowest BCUT2D eigenvalue weighted by molar-refractivity contribution is 0.349. The summed E-state index contributed by atoms with van der Waals surface area (Å²) in [5.41, 5.74) is 2.66. The van der Waals surface area contributed by atoms with Crippen molar-refractivity contribution >= 4 is 15.9 Å². The molecule has 0 spiro atoms. The molecule has 1 atom stereocenters. The molecule has 1 N–H and O–H groups in total. The van der Waals surface area contributed by atoms with Gasteiger partial charge >= 0.3 is 0 Å². The monoisotopic (exact) mass is 327 g/mol. The van der Waals surface area contributed by atoms with E-state index in [9.17, 15) is 0 Å². The van der Waals surface area contributed by atoms with Gasteiger partial charge in [0.15, 0.2) is 11.5 Å². The largest absolute Gasteiger partial charge is 0.493 e. The van der Waals surface area contributed by atoms with Crippen molar-refractivity contribution < 1.29 is 9.47 Å². The molecule has 3 nitrogen and oxygen atoms in total. The third-order valence-corrected chi connectivity index (χ3v) is 4.63. The van der Waals surface area contributed by atoms with Gasteiger partial charge in [-0.15, -0.1) is 0 Å². The van der Waals surface area contributed by atoms with Crippen molar-refractivity contribution in [3.63, 3.8) is 0 Å². The molecule has 0 bridgehead atoms. The predicted molar refractivity (Wildman–Crippen MR) is 81.2 cm³/mol. The summed E-state index contributed by atoms with van der Waals surface area (Å²) in [7, 11) is 3.37. The Hall–Kier alpha value is -0.740. The molecule has 1 aliphatic rings. The molecule has 4 heteroatoms. The van der Waals surface area contributed by atoms with Crippen molar-refractivity contribution in [2.75, 3.05) is 20.8 Å². The van der Waals surface area contributed by atoms with E-state index in [1.54, 1.807) is 14.2 Å². The Morgan fingerprint density at radius 2 is 2.11 bits per heavy atom. The van der Waals surface area contributed by atoms with E-state index in [1.165, 1.54) is 30.4 Å². The van der Waals surface area contributed by atoms with Crippen LogP contribution in [-0.2, 0) is 6.42 Å². The molecule has 1 aliphatic heterocycles. The second-order valence-corrected chi connectivity index (χ2v) is 5.64. The molecule has 0 aliphatic carbocycles. The quantitative estimate of drug-likeness (QED) is 0.911. The summed E-state index contributed by atoms with van der Waals surface area (Å²) in [5, 5.41) is 3.61. The first-order valence-electron chi connectivity index (χ1n) is 6.89. The number of hydrogen-bond acceptors (Lipinski definition) is 3.